The third-order valence-electron chi connectivity index (χ3n) is 5.43. The van der Waals surface area contributed by atoms with Crippen LogP contribution in [0.25, 0.3) is 0 Å². The van der Waals surface area contributed by atoms with Crippen LogP contribution in [-0.4, -0.2) is 29.5 Å². The summed E-state index contributed by atoms with van der Waals surface area (Å²) < 4.78 is 5.25. The lowest BCUT2D eigenvalue weighted by atomic mass is 9.52. The maximum atomic E-state index is 12.9. The largest absolute Gasteiger partial charge is 0.465 e. The van der Waals surface area contributed by atoms with Gasteiger partial charge in [-0.15, -0.1) is 11.8 Å². The molecule has 2 fully saturated rings. The van der Waals surface area contributed by atoms with E-state index >= 15 is 0 Å². The molecule has 2 aromatic carbocycles. The van der Waals surface area contributed by atoms with Gasteiger partial charge in [0, 0.05) is 10.1 Å². The summed E-state index contributed by atoms with van der Waals surface area (Å²) in [5.41, 5.74) is -1.86. The van der Waals surface area contributed by atoms with E-state index in [0.717, 1.165) is 10.5 Å². The van der Waals surface area contributed by atoms with Crippen LogP contribution in [-0.2, 0) is 24.7 Å². The summed E-state index contributed by atoms with van der Waals surface area (Å²) in [5.74, 6) is -2.04. The van der Waals surface area contributed by atoms with E-state index in [0.29, 0.717) is 0 Å². The molecule has 27 heavy (non-hydrogen) atoms. The van der Waals surface area contributed by atoms with Gasteiger partial charge >= 0.3 is 5.97 Å². The number of hydrogen-bond donors (Lipinski definition) is 1. The van der Waals surface area contributed by atoms with Crippen LogP contribution in [0.4, 0.5) is 0 Å². The summed E-state index contributed by atoms with van der Waals surface area (Å²) in [6, 6.07) is 19.0. The molecule has 0 spiro atoms. The molecule has 0 radical (unpaired) electrons. The minimum atomic E-state index is -1.51. The van der Waals surface area contributed by atoms with E-state index in [4.69, 9.17) is 4.74 Å². The van der Waals surface area contributed by atoms with Crippen molar-refractivity contribution in [3.63, 3.8) is 0 Å². The van der Waals surface area contributed by atoms with Crippen molar-refractivity contribution >= 4 is 29.4 Å². The molecule has 4 rings (SSSR count). The molecule has 5 nitrogen and oxygen atoms in total. The van der Waals surface area contributed by atoms with Gasteiger partial charge in [0.05, 0.1) is 6.61 Å². The number of benzene rings is 2. The Morgan fingerprint density at radius 1 is 1.11 bits per heavy atom. The molecule has 1 saturated carbocycles. The van der Waals surface area contributed by atoms with Gasteiger partial charge in [0.25, 0.3) is 5.91 Å². The first-order valence-corrected chi connectivity index (χ1v) is 9.75. The molecular weight excluding hydrogens is 362 g/mol. The van der Waals surface area contributed by atoms with Crippen LogP contribution in [0, 0.1) is 5.41 Å². The van der Waals surface area contributed by atoms with E-state index in [1.54, 1.807) is 18.7 Å². The van der Waals surface area contributed by atoms with E-state index in [-0.39, 0.29) is 18.3 Å². The molecule has 2 aromatic rings. The number of Topliss-reactive ketones (excluding diaryl/α,β-unsaturated/α-hetero) is 1. The Morgan fingerprint density at radius 2 is 1.74 bits per heavy atom. The van der Waals surface area contributed by atoms with Gasteiger partial charge in [0.1, 0.15) is 5.54 Å². The third kappa shape index (κ3) is 2.36. The zero-order chi connectivity index (χ0) is 19.1. The van der Waals surface area contributed by atoms with Gasteiger partial charge in [-0.2, -0.15) is 0 Å². The molecular formula is C21H19NO4S. The molecule has 1 unspecified atom stereocenters. The molecule has 1 heterocycles. The fourth-order valence-corrected chi connectivity index (χ4v) is 5.76. The third-order valence-corrected chi connectivity index (χ3v) is 6.78. The lowest BCUT2D eigenvalue weighted by molar-refractivity contribution is -0.172. The Labute approximate surface area is 161 Å². The van der Waals surface area contributed by atoms with Crippen molar-refractivity contribution in [3.05, 3.63) is 66.2 Å². The SMILES string of the molecule is CCOC(=O)[C@]12CC(Sc3ccccc3)[C@@]1(c1ccccc1)NC(=O)C2=O. The topological polar surface area (TPSA) is 72.5 Å². The number of esters is 1. The molecule has 1 N–H and O–H groups in total. The number of carbonyl (C=O) groups excluding carboxylic acids is 3. The zero-order valence-corrected chi connectivity index (χ0v) is 15.6. The number of ether oxygens (including phenoxy) is 1. The fourth-order valence-electron chi connectivity index (χ4n) is 4.21. The first-order valence-electron chi connectivity index (χ1n) is 8.87. The highest BCUT2D eigenvalue weighted by Crippen LogP contribution is 2.65. The van der Waals surface area contributed by atoms with E-state index < -0.39 is 28.6 Å². The van der Waals surface area contributed by atoms with Gasteiger partial charge in [-0.3, -0.25) is 14.4 Å². The molecule has 1 amide bonds. The van der Waals surface area contributed by atoms with Crippen molar-refractivity contribution in [2.75, 3.05) is 6.61 Å². The second-order valence-corrected chi connectivity index (χ2v) is 7.98. The highest BCUT2D eigenvalue weighted by molar-refractivity contribution is 8.00. The Kier molecular flexibility index (Phi) is 4.30. The predicted octanol–water partition coefficient (Wildman–Crippen LogP) is 2.69. The molecule has 1 aliphatic carbocycles. The monoisotopic (exact) mass is 381 g/mol. The van der Waals surface area contributed by atoms with Crippen LogP contribution in [0.5, 0.6) is 0 Å². The lowest BCUT2D eigenvalue weighted by Crippen LogP contribution is -2.70. The van der Waals surface area contributed by atoms with E-state index in [1.807, 2.05) is 60.7 Å². The van der Waals surface area contributed by atoms with Gasteiger partial charge < -0.3 is 10.1 Å². The number of fused-ring (bicyclic) bond motifs is 1. The van der Waals surface area contributed by atoms with Crippen molar-refractivity contribution in [2.24, 2.45) is 5.41 Å². The molecule has 6 heteroatoms. The van der Waals surface area contributed by atoms with Crippen molar-refractivity contribution in [3.8, 4) is 0 Å². The molecule has 1 saturated heterocycles. The van der Waals surface area contributed by atoms with Gasteiger partial charge in [-0.25, -0.2) is 0 Å². The lowest BCUT2D eigenvalue weighted by Gasteiger charge is -2.56. The second-order valence-electron chi connectivity index (χ2n) is 6.71. The summed E-state index contributed by atoms with van der Waals surface area (Å²) in [4.78, 5) is 39.2. The first-order chi connectivity index (χ1) is 13.1. The minimum Gasteiger partial charge on any atom is -0.465 e. The Hall–Kier alpha value is -2.60. The van der Waals surface area contributed by atoms with Crippen molar-refractivity contribution in [2.45, 2.75) is 29.0 Å². The maximum Gasteiger partial charge on any atom is 0.323 e. The number of amides is 1. The Morgan fingerprint density at radius 3 is 2.37 bits per heavy atom. The highest BCUT2D eigenvalue weighted by atomic mass is 32.2. The van der Waals surface area contributed by atoms with Crippen LogP contribution in [0.1, 0.15) is 18.9 Å². The predicted molar refractivity (Wildman–Crippen MR) is 101 cm³/mol. The molecule has 0 bridgehead atoms. The summed E-state index contributed by atoms with van der Waals surface area (Å²) in [5, 5.41) is 2.71. The number of hydrogen-bond acceptors (Lipinski definition) is 5. The van der Waals surface area contributed by atoms with Crippen molar-refractivity contribution < 1.29 is 19.1 Å². The first kappa shape index (κ1) is 17.8. The van der Waals surface area contributed by atoms with Crippen molar-refractivity contribution in [1.29, 1.82) is 0 Å². The van der Waals surface area contributed by atoms with Crippen LogP contribution in [0.3, 0.4) is 0 Å². The van der Waals surface area contributed by atoms with Crippen LogP contribution >= 0.6 is 11.8 Å². The summed E-state index contributed by atoms with van der Waals surface area (Å²) in [6.45, 7) is 1.85. The van der Waals surface area contributed by atoms with E-state index in [9.17, 15) is 14.4 Å². The number of carbonyl (C=O) groups is 3. The molecule has 3 atom stereocenters. The molecule has 138 valence electrons. The molecule has 0 aromatic heterocycles. The average molecular weight is 381 g/mol. The summed E-state index contributed by atoms with van der Waals surface area (Å²) >= 11 is 1.56. The van der Waals surface area contributed by atoms with Gasteiger partial charge in [0.2, 0.25) is 5.78 Å². The standard InChI is InChI=1S/C21H19NO4S/c1-2-26-19(25)20-13-16(27-15-11-7-4-8-12-15)21(20,22-18(24)17(20)23)14-9-5-3-6-10-14/h3-12,16H,2,13H2,1H3,(H,22,24)/t16?,20-,21-/m1/s1. The average Bonchev–Trinajstić information content (AvgIpc) is 2.86. The number of ketones is 1. The minimum absolute atomic E-state index is 0.156. The Bertz CT molecular complexity index is 901. The zero-order valence-electron chi connectivity index (χ0n) is 14.8. The maximum absolute atomic E-state index is 12.9. The molecule has 2 aliphatic rings. The fraction of sp³-hybridized carbons (Fsp3) is 0.286. The smallest absolute Gasteiger partial charge is 0.323 e. The van der Waals surface area contributed by atoms with E-state index in [2.05, 4.69) is 5.32 Å². The number of rotatable bonds is 5. The molecule has 1 aliphatic heterocycles. The summed E-state index contributed by atoms with van der Waals surface area (Å²) in [6.07, 6.45) is 0.262. The van der Waals surface area contributed by atoms with Crippen LogP contribution in [0.2, 0.25) is 0 Å². The van der Waals surface area contributed by atoms with Gasteiger partial charge in [-0.05, 0) is 31.0 Å². The number of thioether (sulfide) groups is 1. The van der Waals surface area contributed by atoms with E-state index in [1.165, 1.54) is 0 Å². The van der Waals surface area contributed by atoms with Gasteiger partial charge in [0.15, 0.2) is 5.41 Å². The Balaban J connectivity index is 1.84. The quantitative estimate of drug-likeness (QED) is 0.490. The number of nitrogens with one attached hydrogen (secondary N) is 1. The van der Waals surface area contributed by atoms with Gasteiger partial charge in [-0.1, -0.05) is 48.5 Å². The second kappa shape index (κ2) is 6.53. The van der Waals surface area contributed by atoms with Crippen LogP contribution < -0.4 is 5.32 Å². The summed E-state index contributed by atoms with van der Waals surface area (Å²) in [7, 11) is 0. The highest BCUT2D eigenvalue weighted by Gasteiger charge is 2.80. The normalized spacial score (nSPS) is 28.9. The van der Waals surface area contributed by atoms with Crippen LogP contribution in [0.15, 0.2) is 65.6 Å². The van der Waals surface area contributed by atoms with Crippen molar-refractivity contribution in [1.82, 2.24) is 5.32 Å².